The van der Waals surface area contributed by atoms with E-state index >= 15 is 0 Å². The third-order valence-corrected chi connectivity index (χ3v) is 5.17. The molecule has 0 saturated carbocycles. The van der Waals surface area contributed by atoms with Gasteiger partial charge in [-0.3, -0.25) is 0 Å². The average molecular weight is 354 g/mol. The zero-order valence-corrected chi connectivity index (χ0v) is 14.4. The number of rotatable bonds is 2. The van der Waals surface area contributed by atoms with Gasteiger partial charge in [-0.2, -0.15) is 5.10 Å². The molecule has 5 rings (SSSR count). The van der Waals surface area contributed by atoms with E-state index in [9.17, 15) is 0 Å². The Bertz CT molecular complexity index is 997. The highest BCUT2D eigenvalue weighted by Gasteiger charge is 2.26. The highest BCUT2D eigenvalue weighted by molar-refractivity contribution is 6.31. The maximum absolute atomic E-state index is 6.31. The number of nitrogens with zero attached hydrogens (tertiary/aromatic N) is 2. The molecule has 2 aliphatic rings. The summed E-state index contributed by atoms with van der Waals surface area (Å²) in [6.45, 7) is 3.19. The van der Waals surface area contributed by atoms with Crippen molar-refractivity contribution < 1.29 is 9.47 Å². The Morgan fingerprint density at radius 2 is 2.04 bits per heavy atom. The second-order valence-corrected chi connectivity index (χ2v) is 6.62. The Hall–Kier alpha value is -2.66. The number of halogens is 1. The molecule has 0 unspecified atom stereocenters. The van der Waals surface area contributed by atoms with Crippen molar-refractivity contribution in [2.24, 2.45) is 0 Å². The Morgan fingerprint density at radius 1 is 1.16 bits per heavy atom. The number of anilines is 1. The third kappa shape index (κ3) is 2.19. The van der Waals surface area contributed by atoms with Gasteiger partial charge in [-0.15, -0.1) is 0 Å². The molecule has 3 heterocycles. The predicted molar refractivity (Wildman–Crippen MR) is 97.1 cm³/mol. The van der Waals surface area contributed by atoms with Crippen molar-refractivity contribution >= 4 is 17.4 Å². The molecule has 0 spiro atoms. The Kier molecular flexibility index (Phi) is 3.18. The molecule has 0 aliphatic carbocycles. The van der Waals surface area contributed by atoms with Crippen molar-refractivity contribution in [3.8, 4) is 28.4 Å². The van der Waals surface area contributed by atoms with Crippen LogP contribution in [0.15, 0.2) is 36.4 Å². The monoisotopic (exact) mass is 353 g/mol. The first-order chi connectivity index (χ1) is 12.2. The van der Waals surface area contributed by atoms with E-state index in [2.05, 4.69) is 5.32 Å². The van der Waals surface area contributed by atoms with Gasteiger partial charge in [0.2, 0.25) is 6.79 Å². The summed E-state index contributed by atoms with van der Waals surface area (Å²) < 4.78 is 12.9. The zero-order valence-electron chi connectivity index (χ0n) is 13.7. The first-order valence-corrected chi connectivity index (χ1v) is 8.61. The van der Waals surface area contributed by atoms with Gasteiger partial charge in [0, 0.05) is 22.7 Å². The average Bonchev–Trinajstić information content (AvgIpc) is 3.32. The molecule has 0 fully saturated rings. The number of aromatic nitrogens is 2. The van der Waals surface area contributed by atoms with E-state index in [1.165, 1.54) is 5.56 Å². The number of hydrogen-bond acceptors (Lipinski definition) is 4. The molecule has 2 aromatic carbocycles. The standard InChI is InChI=1S/C19H16ClN3O2/c1-11-14(20)3-2-4-15(11)23-19-13(7-8-21-19)18(22-23)12-5-6-16-17(9-12)25-10-24-16/h2-6,9,21H,7-8,10H2,1H3. The van der Waals surface area contributed by atoms with Crippen molar-refractivity contribution in [1.29, 1.82) is 0 Å². The molecule has 0 saturated heterocycles. The van der Waals surface area contributed by atoms with Gasteiger partial charge in [0.1, 0.15) is 5.82 Å². The summed E-state index contributed by atoms with van der Waals surface area (Å²) in [6, 6.07) is 11.9. The van der Waals surface area contributed by atoms with Crippen LogP contribution < -0.4 is 14.8 Å². The molecule has 5 nitrogen and oxygen atoms in total. The van der Waals surface area contributed by atoms with Crippen LogP contribution in [-0.4, -0.2) is 23.1 Å². The summed E-state index contributed by atoms with van der Waals surface area (Å²) in [5.74, 6) is 2.59. The Morgan fingerprint density at radius 3 is 2.96 bits per heavy atom. The molecule has 3 aromatic rings. The van der Waals surface area contributed by atoms with Crippen molar-refractivity contribution in [2.45, 2.75) is 13.3 Å². The third-order valence-electron chi connectivity index (χ3n) is 4.76. The van der Waals surface area contributed by atoms with Gasteiger partial charge in [-0.05, 0) is 49.2 Å². The molecule has 25 heavy (non-hydrogen) atoms. The summed E-state index contributed by atoms with van der Waals surface area (Å²) >= 11 is 6.31. The minimum atomic E-state index is 0.272. The number of ether oxygens (including phenoxy) is 2. The molecule has 0 atom stereocenters. The van der Waals surface area contributed by atoms with Crippen molar-refractivity contribution in [2.75, 3.05) is 18.7 Å². The van der Waals surface area contributed by atoms with Gasteiger partial charge in [0.05, 0.1) is 11.4 Å². The lowest BCUT2D eigenvalue weighted by molar-refractivity contribution is 0.174. The normalized spacial score (nSPS) is 14.5. The smallest absolute Gasteiger partial charge is 0.231 e. The van der Waals surface area contributed by atoms with Gasteiger partial charge in [-0.1, -0.05) is 17.7 Å². The molecule has 1 aromatic heterocycles. The van der Waals surface area contributed by atoms with Gasteiger partial charge in [0.25, 0.3) is 0 Å². The van der Waals surface area contributed by atoms with Crippen LogP contribution in [0.3, 0.4) is 0 Å². The number of hydrogen-bond donors (Lipinski definition) is 1. The van der Waals surface area contributed by atoms with Crippen LogP contribution in [0.25, 0.3) is 16.9 Å². The lowest BCUT2D eigenvalue weighted by Crippen LogP contribution is -2.05. The molecular formula is C19H16ClN3O2. The topological polar surface area (TPSA) is 48.3 Å². The van der Waals surface area contributed by atoms with E-state index in [-0.39, 0.29) is 6.79 Å². The molecular weight excluding hydrogens is 338 g/mol. The highest BCUT2D eigenvalue weighted by atomic mass is 35.5. The zero-order chi connectivity index (χ0) is 17.0. The number of benzene rings is 2. The van der Waals surface area contributed by atoms with Gasteiger partial charge in [-0.25, -0.2) is 4.68 Å². The highest BCUT2D eigenvalue weighted by Crippen LogP contribution is 2.40. The van der Waals surface area contributed by atoms with E-state index in [4.69, 9.17) is 26.2 Å². The van der Waals surface area contributed by atoms with Gasteiger partial charge < -0.3 is 14.8 Å². The maximum Gasteiger partial charge on any atom is 0.231 e. The van der Waals surface area contributed by atoms with Crippen LogP contribution in [0.4, 0.5) is 5.82 Å². The fourth-order valence-electron chi connectivity index (χ4n) is 3.45. The Balaban J connectivity index is 1.69. The summed E-state index contributed by atoms with van der Waals surface area (Å²) in [5, 5.41) is 9.10. The van der Waals surface area contributed by atoms with E-state index in [1.807, 2.05) is 48.0 Å². The van der Waals surface area contributed by atoms with Crippen LogP contribution in [0, 0.1) is 6.92 Å². The summed E-state index contributed by atoms with van der Waals surface area (Å²) in [7, 11) is 0. The molecule has 0 bridgehead atoms. The first-order valence-electron chi connectivity index (χ1n) is 8.23. The minimum Gasteiger partial charge on any atom is -0.454 e. The minimum absolute atomic E-state index is 0.272. The summed E-state index contributed by atoms with van der Waals surface area (Å²) in [5.41, 5.74) is 5.23. The fraction of sp³-hybridized carbons (Fsp3) is 0.211. The van der Waals surface area contributed by atoms with Crippen molar-refractivity contribution in [3.05, 3.63) is 52.5 Å². The van der Waals surface area contributed by atoms with E-state index in [1.54, 1.807) is 0 Å². The van der Waals surface area contributed by atoms with Crippen LogP contribution in [0.2, 0.25) is 5.02 Å². The molecule has 126 valence electrons. The van der Waals surface area contributed by atoms with Crippen LogP contribution in [-0.2, 0) is 6.42 Å². The van der Waals surface area contributed by atoms with E-state index in [0.717, 1.165) is 57.8 Å². The fourth-order valence-corrected chi connectivity index (χ4v) is 3.62. The second kappa shape index (κ2) is 5.43. The first kappa shape index (κ1) is 14.7. The van der Waals surface area contributed by atoms with E-state index in [0.29, 0.717) is 0 Å². The second-order valence-electron chi connectivity index (χ2n) is 6.22. The largest absolute Gasteiger partial charge is 0.454 e. The summed E-state index contributed by atoms with van der Waals surface area (Å²) in [6.07, 6.45) is 0.943. The van der Waals surface area contributed by atoms with E-state index < -0.39 is 0 Å². The van der Waals surface area contributed by atoms with Crippen LogP contribution in [0.1, 0.15) is 11.1 Å². The van der Waals surface area contributed by atoms with Gasteiger partial charge in [0.15, 0.2) is 11.5 Å². The number of fused-ring (bicyclic) bond motifs is 2. The maximum atomic E-state index is 6.31. The van der Waals surface area contributed by atoms with Crippen molar-refractivity contribution in [1.82, 2.24) is 9.78 Å². The Labute approximate surface area is 150 Å². The molecule has 2 aliphatic heterocycles. The molecule has 1 N–H and O–H groups in total. The van der Waals surface area contributed by atoms with Crippen molar-refractivity contribution in [3.63, 3.8) is 0 Å². The lowest BCUT2D eigenvalue weighted by Gasteiger charge is -2.10. The molecule has 6 heteroatoms. The van der Waals surface area contributed by atoms with Crippen LogP contribution >= 0.6 is 11.6 Å². The quantitative estimate of drug-likeness (QED) is 0.750. The number of nitrogens with one attached hydrogen (secondary N) is 1. The molecule has 0 amide bonds. The van der Waals surface area contributed by atoms with Crippen LogP contribution in [0.5, 0.6) is 11.5 Å². The van der Waals surface area contributed by atoms with Gasteiger partial charge >= 0.3 is 0 Å². The lowest BCUT2D eigenvalue weighted by atomic mass is 10.1. The molecule has 0 radical (unpaired) electrons. The summed E-state index contributed by atoms with van der Waals surface area (Å²) in [4.78, 5) is 0. The SMILES string of the molecule is Cc1c(Cl)cccc1-n1nc(-c2ccc3c(c2)OCO3)c2c1NCC2. The predicted octanol–water partition coefficient (Wildman–Crippen LogP) is 4.20.